The summed E-state index contributed by atoms with van der Waals surface area (Å²) < 4.78 is 5.17. The molecule has 1 aliphatic rings. The molecule has 16 heavy (non-hydrogen) atoms. The molecule has 3 N–H and O–H groups in total. The first kappa shape index (κ1) is 11.1. The molecule has 2 atom stereocenters. The number of aromatic amines is 1. The standard InChI is InChI=1S/C9H12ClN5O/c1-5-14-6(10)9(11,8(15-5)16-2)7-12-3-4-13-7/h3-4,6H,11H2,1-2H3,(H,12,13). The van der Waals surface area contributed by atoms with Crippen LogP contribution in [0.5, 0.6) is 0 Å². The topological polar surface area (TPSA) is 88.7 Å². The summed E-state index contributed by atoms with van der Waals surface area (Å²) in [5.41, 5.74) is 4.34. The molecule has 2 unspecified atom stereocenters. The largest absolute Gasteiger partial charge is 0.482 e. The van der Waals surface area contributed by atoms with E-state index in [4.69, 9.17) is 22.1 Å². The molecule has 0 radical (unpaired) electrons. The summed E-state index contributed by atoms with van der Waals surface area (Å²) in [4.78, 5) is 15.3. The summed E-state index contributed by atoms with van der Waals surface area (Å²) >= 11 is 6.15. The number of aliphatic imine (C=N–C) groups is 2. The zero-order valence-corrected chi connectivity index (χ0v) is 9.69. The summed E-state index contributed by atoms with van der Waals surface area (Å²) in [5.74, 6) is 1.31. The molecule has 1 aliphatic heterocycles. The van der Waals surface area contributed by atoms with Gasteiger partial charge in [-0.05, 0) is 6.92 Å². The third kappa shape index (κ3) is 1.50. The molecule has 2 rings (SSSR count). The molecule has 0 aliphatic carbocycles. The molecule has 0 fully saturated rings. The first-order valence-electron chi connectivity index (χ1n) is 4.69. The van der Waals surface area contributed by atoms with Gasteiger partial charge in [0.25, 0.3) is 0 Å². The van der Waals surface area contributed by atoms with Gasteiger partial charge in [0.05, 0.1) is 7.11 Å². The maximum absolute atomic E-state index is 6.20. The first-order valence-corrected chi connectivity index (χ1v) is 5.13. The van der Waals surface area contributed by atoms with Crippen molar-refractivity contribution in [3.63, 3.8) is 0 Å². The van der Waals surface area contributed by atoms with Crippen LogP contribution in [-0.4, -0.2) is 34.3 Å². The van der Waals surface area contributed by atoms with Gasteiger partial charge in [-0.25, -0.2) is 15.0 Å². The van der Waals surface area contributed by atoms with Crippen molar-refractivity contribution in [1.82, 2.24) is 9.97 Å². The summed E-state index contributed by atoms with van der Waals surface area (Å²) in [6.07, 6.45) is 3.25. The number of hydrogen-bond donors (Lipinski definition) is 2. The number of rotatable bonds is 1. The lowest BCUT2D eigenvalue weighted by Crippen LogP contribution is -2.55. The van der Waals surface area contributed by atoms with Crippen molar-refractivity contribution in [3.8, 4) is 0 Å². The fourth-order valence-corrected chi connectivity index (χ4v) is 1.89. The zero-order valence-electron chi connectivity index (χ0n) is 8.94. The van der Waals surface area contributed by atoms with Gasteiger partial charge in [-0.1, -0.05) is 11.6 Å². The molecule has 0 saturated heterocycles. The molecule has 7 heteroatoms. The van der Waals surface area contributed by atoms with E-state index < -0.39 is 11.0 Å². The summed E-state index contributed by atoms with van der Waals surface area (Å²) in [6.45, 7) is 1.73. The average molecular weight is 242 g/mol. The van der Waals surface area contributed by atoms with Crippen LogP contribution in [0.4, 0.5) is 0 Å². The number of imidazole rings is 1. The molecule has 0 amide bonds. The van der Waals surface area contributed by atoms with Crippen molar-refractivity contribution in [2.45, 2.75) is 18.0 Å². The summed E-state index contributed by atoms with van der Waals surface area (Å²) in [6, 6.07) is 0. The Bertz CT molecular complexity index is 441. The lowest BCUT2D eigenvalue weighted by Gasteiger charge is -2.32. The number of hydrogen-bond acceptors (Lipinski definition) is 5. The maximum atomic E-state index is 6.20. The molecule has 0 spiro atoms. The number of alkyl halides is 1. The van der Waals surface area contributed by atoms with E-state index in [1.807, 2.05) is 0 Å². The maximum Gasteiger partial charge on any atom is 0.221 e. The highest BCUT2D eigenvalue weighted by Gasteiger charge is 2.47. The fourth-order valence-electron chi connectivity index (χ4n) is 1.56. The Morgan fingerprint density at radius 3 is 2.94 bits per heavy atom. The van der Waals surface area contributed by atoms with Crippen LogP contribution >= 0.6 is 11.6 Å². The van der Waals surface area contributed by atoms with E-state index >= 15 is 0 Å². The van der Waals surface area contributed by atoms with Crippen molar-refractivity contribution in [2.75, 3.05) is 7.11 Å². The Morgan fingerprint density at radius 2 is 2.38 bits per heavy atom. The van der Waals surface area contributed by atoms with Crippen molar-refractivity contribution in [1.29, 1.82) is 0 Å². The number of methoxy groups -OCH3 is 1. The van der Waals surface area contributed by atoms with Crippen molar-refractivity contribution >= 4 is 23.3 Å². The smallest absolute Gasteiger partial charge is 0.221 e. The fraction of sp³-hybridized carbons (Fsp3) is 0.444. The van der Waals surface area contributed by atoms with Crippen LogP contribution < -0.4 is 5.73 Å². The zero-order chi connectivity index (χ0) is 11.8. The van der Waals surface area contributed by atoms with Crippen molar-refractivity contribution in [2.24, 2.45) is 15.7 Å². The van der Waals surface area contributed by atoms with E-state index in [1.165, 1.54) is 7.11 Å². The number of aromatic nitrogens is 2. The number of nitrogens with two attached hydrogens (primary N) is 1. The van der Waals surface area contributed by atoms with Crippen molar-refractivity contribution in [3.05, 3.63) is 18.2 Å². The van der Waals surface area contributed by atoms with Gasteiger partial charge in [-0.2, -0.15) is 0 Å². The van der Waals surface area contributed by atoms with Gasteiger partial charge in [-0.3, -0.25) is 0 Å². The average Bonchev–Trinajstić information content (AvgIpc) is 2.76. The summed E-state index contributed by atoms with van der Waals surface area (Å²) in [5, 5.41) is 0. The van der Waals surface area contributed by atoms with Gasteiger partial charge in [0, 0.05) is 12.4 Å². The second kappa shape index (κ2) is 3.88. The van der Waals surface area contributed by atoms with E-state index in [1.54, 1.807) is 19.3 Å². The highest BCUT2D eigenvalue weighted by atomic mass is 35.5. The number of nitrogens with zero attached hydrogens (tertiary/aromatic N) is 3. The van der Waals surface area contributed by atoms with Gasteiger partial charge >= 0.3 is 0 Å². The Kier molecular flexibility index (Phi) is 2.69. The molecule has 0 saturated carbocycles. The molecule has 86 valence electrons. The Labute approximate surface area is 97.6 Å². The third-order valence-electron chi connectivity index (χ3n) is 2.38. The lowest BCUT2D eigenvalue weighted by molar-refractivity contribution is 0.334. The highest BCUT2D eigenvalue weighted by Crippen LogP contribution is 2.29. The van der Waals surface area contributed by atoms with Crippen LogP contribution in [0.2, 0.25) is 0 Å². The van der Waals surface area contributed by atoms with Gasteiger partial charge < -0.3 is 15.5 Å². The molecule has 1 aromatic heterocycles. The SMILES string of the molecule is COC1=NC(C)=NC(Cl)C1(N)c1ncc[nH]1. The van der Waals surface area contributed by atoms with E-state index in [9.17, 15) is 0 Å². The molecule has 0 bridgehead atoms. The van der Waals surface area contributed by atoms with E-state index in [0.29, 0.717) is 17.6 Å². The molecule has 0 aromatic carbocycles. The normalized spacial score (nSPS) is 29.6. The Balaban J connectivity index is 2.51. The molecular formula is C9H12ClN5O. The van der Waals surface area contributed by atoms with Crippen LogP contribution in [0.25, 0.3) is 0 Å². The van der Waals surface area contributed by atoms with Gasteiger partial charge in [0.15, 0.2) is 11.0 Å². The summed E-state index contributed by atoms with van der Waals surface area (Å²) in [7, 11) is 1.49. The predicted octanol–water partition coefficient (Wildman–Crippen LogP) is 0.606. The van der Waals surface area contributed by atoms with E-state index in [0.717, 1.165) is 0 Å². The second-order valence-electron chi connectivity index (χ2n) is 3.44. The predicted molar refractivity (Wildman–Crippen MR) is 61.6 cm³/mol. The lowest BCUT2D eigenvalue weighted by atomic mass is 9.98. The number of nitrogens with one attached hydrogen (secondary N) is 1. The number of halogens is 1. The molecule has 1 aromatic rings. The van der Waals surface area contributed by atoms with Crippen molar-refractivity contribution < 1.29 is 4.74 Å². The van der Waals surface area contributed by atoms with Crippen LogP contribution in [-0.2, 0) is 10.3 Å². The molecular weight excluding hydrogens is 230 g/mol. The quantitative estimate of drug-likeness (QED) is 0.558. The number of ether oxygens (including phenoxy) is 1. The number of amidine groups is 1. The van der Waals surface area contributed by atoms with Gasteiger partial charge in [0.1, 0.15) is 11.7 Å². The minimum Gasteiger partial charge on any atom is -0.482 e. The van der Waals surface area contributed by atoms with Crippen LogP contribution in [0.3, 0.4) is 0 Å². The second-order valence-corrected chi connectivity index (χ2v) is 3.85. The number of H-pyrrole nitrogens is 1. The molecule has 6 nitrogen and oxygen atoms in total. The minimum atomic E-state index is -1.15. The highest BCUT2D eigenvalue weighted by molar-refractivity contribution is 6.25. The van der Waals surface area contributed by atoms with Crippen LogP contribution in [0.15, 0.2) is 22.4 Å². The third-order valence-corrected chi connectivity index (χ3v) is 2.82. The minimum absolute atomic E-state index is 0.301. The van der Waals surface area contributed by atoms with Gasteiger partial charge in [-0.15, -0.1) is 0 Å². The van der Waals surface area contributed by atoms with Gasteiger partial charge in [0.2, 0.25) is 5.90 Å². The first-order chi connectivity index (χ1) is 7.59. The molecule has 2 heterocycles. The Morgan fingerprint density at radius 1 is 1.62 bits per heavy atom. The Hall–Kier alpha value is -1.40. The van der Waals surface area contributed by atoms with E-state index in [-0.39, 0.29) is 0 Å². The van der Waals surface area contributed by atoms with Crippen LogP contribution in [0, 0.1) is 0 Å². The monoisotopic (exact) mass is 241 g/mol. The van der Waals surface area contributed by atoms with E-state index in [2.05, 4.69) is 20.0 Å². The van der Waals surface area contributed by atoms with Crippen LogP contribution in [0.1, 0.15) is 12.7 Å².